The first-order chi connectivity index (χ1) is 4.20. The summed E-state index contributed by atoms with van der Waals surface area (Å²) in [5.74, 6) is 0.339. The van der Waals surface area contributed by atoms with Crippen LogP contribution < -0.4 is 5.30 Å². The van der Waals surface area contributed by atoms with Crippen LogP contribution in [0.1, 0.15) is 5.56 Å². The van der Waals surface area contributed by atoms with E-state index in [0.717, 1.165) is 10.9 Å². The molecule has 1 atom stereocenters. The molecular weight excluding hydrogens is 131 g/mol. The first-order valence-electron chi connectivity index (χ1n) is 2.75. The molecule has 2 heteroatoms. The number of rotatable bonds is 0. The van der Waals surface area contributed by atoms with Gasteiger partial charge in [-0.2, -0.15) is 0 Å². The maximum atomic E-state index is 9.02. The van der Waals surface area contributed by atoms with Crippen LogP contribution in [0, 0.1) is 6.92 Å². The van der Waals surface area contributed by atoms with Gasteiger partial charge in [-0.05, 0) is 19.1 Å². The third-order valence-corrected chi connectivity index (χ3v) is 1.65. The third-order valence-electron chi connectivity index (χ3n) is 1.18. The van der Waals surface area contributed by atoms with Gasteiger partial charge in [0.1, 0.15) is 5.75 Å². The summed E-state index contributed by atoms with van der Waals surface area (Å²) in [5, 5.41) is 9.88. The van der Waals surface area contributed by atoms with Crippen molar-refractivity contribution in [1.29, 1.82) is 0 Å². The second kappa shape index (κ2) is 2.36. The molecule has 0 fully saturated rings. The minimum absolute atomic E-state index is 0.339. The Morgan fingerprint density at radius 1 is 1.44 bits per heavy atom. The van der Waals surface area contributed by atoms with Crippen LogP contribution in [0.4, 0.5) is 0 Å². The van der Waals surface area contributed by atoms with E-state index in [9.17, 15) is 0 Å². The first kappa shape index (κ1) is 6.57. The van der Waals surface area contributed by atoms with Gasteiger partial charge in [-0.1, -0.05) is 11.6 Å². The number of benzene rings is 1. The molecule has 0 saturated heterocycles. The Hall–Kier alpha value is -0.550. The number of aromatic hydroxyl groups is 1. The average Bonchev–Trinajstić information content (AvgIpc) is 1.80. The standard InChI is InChI=1S/C7H9OP/c1-5-2-3-6(8)7(9)4-5/h2-4,8H,9H2,1H3. The lowest BCUT2D eigenvalue weighted by Crippen LogP contribution is -1.90. The maximum absolute atomic E-state index is 9.02. The van der Waals surface area contributed by atoms with Gasteiger partial charge in [0.05, 0.1) is 0 Å². The molecule has 9 heavy (non-hydrogen) atoms. The van der Waals surface area contributed by atoms with Crippen molar-refractivity contribution in [3.63, 3.8) is 0 Å². The predicted molar refractivity (Wildman–Crippen MR) is 42.2 cm³/mol. The highest BCUT2D eigenvalue weighted by Gasteiger charge is 1.91. The molecule has 0 radical (unpaired) electrons. The van der Waals surface area contributed by atoms with Crippen molar-refractivity contribution in [2.45, 2.75) is 6.92 Å². The van der Waals surface area contributed by atoms with E-state index in [0.29, 0.717) is 5.75 Å². The number of aryl methyl sites for hydroxylation is 1. The number of phenolic OH excluding ortho intramolecular Hbond substituents is 1. The number of hydrogen-bond donors (Lipinski definition) is 1. The first-order valence-corrected chi connectivity index (χ1v) is 3.33. The Balaban J connectivity index is 3.17. The van der Waals surface area contributed by atoms with E-state index in [-0.39, 0.29) is 0 Å². The molecule has 0 aromatic heterocycles. The SMILES string of the molecule is Cc1ccc(O)c(P)c1. The van der Waals surface area contributed by atoms with Gasteiger partial charge in [0.15, 0.2) is 0 Å². The predicted octanol–water partition coefficient (Wildman–Crippen LogP) is 1.20. The van der Waals surface area contributed by atoms with E-state index in [1.54, 1.807) is 6.07 Å². The van der Waals surface area contributed by atoms with Crippen molar-refractivity contribution in [2.24, 2.45) is 0 Å². The molecule has 48 valence electrons. The van der Waals surface area contributed by atoms with Crippen molar-refractivity contribution in [1.82, 2.24) is 0 Å². The van der Waals surface area contributed by atoms with Gasteiger partial charge < -0.3 is 5.11 Å². The highest BCUT2D eigenvalue weighted by atomic mass is 31.0. The topological polar surface area (TPSA) is 20.2 Å². The zero-order chi connectivity index (χ0) is 6.85. The van der Waals surface area contributed by atoms with E-state index in [4.69, 9.17) is 5.11 Å². The Morgan fingerprint density at radius 2 is 2.11 bits per heavy atom. The second-order valence-corrected chi connectivity index (χ2v) is 2.68. The van der Waals surface area contributed by atoms with Crippen LogP contribution in [0.15, 0.2) is 18.2 Å². The minimum atomic E-state index is 0.339. The highest BCUT2D eigenvalue weighted by Crippen LogP contribution is 2.09. The van der Waals surface area contributed by atoms with Gasteiger partial charge in [-0.3, -0.25) is 0 Å². The van der Waals surface area contributed by atoms with E-state index >= 15 is 0 Å². The second-order valence-electron chi connectivity index (χ2n) is 2.06. The summed E-state index contributed by atoms with van der Waals surface area (Å²) in [6, 6.07) is 5.49. The lowest BCUT2D eigenvalue weighted by atomic mass is 10.2. The molecule has 0 saturated carbocycles. The quantitative estimate of drug-likeness (QED) is 0.537. The van der Waals surface area contributed by atoms with Crippen LogP contribution in [0.5, 0.6) is 5.75 Å². The van der Waals surface area contributed by atoms with Gasteiger partial charge in [-0.25, -0.2) is 0 Å². The number of hydrogen-bond acceptors (Lipinski definition) is 1. The van der Waals surface area contributed by atoms with Gasteiger partial charge in [0.25, 0.3) is 0 Å². The molecule has 0 heterocycles. The zero-order valence-electron chi connectivity index (χ0n) is 5.26. The van der Waals surface area contributed by atoms with Crippen LogP contribution in [0.2, 0.25) is 0 Å². The Kier molecular flexibility index (Phi) is 1.73. The zero-order valence-corrected chi connectivity index (χ0v) is 6.41. The third kappa shape index (κ3) is 1.43. The van der Waals surface area contributed by atoms with Gasteiger partial charge in [0.2, 0.25) is 0 Å². The van der Waals surface area contributed by atoms with Gasteiger partial charge in [0, 0.05) is 5.30 Å². The largest absolute Gasteiger partial charge is 0.507 e. The van der Waals surface area contributed by atoms with E-state index < -0.39 is 0 Å². The fraction of sp³-hybridized carbons (Fsp3) is 0.143. The summed E-state index contributed by atoms with van der Waals surface area (Å²) in [4.78, 5) is 0. The highest BCUT2D eigenvalue weighted by molar-refractivity contribution is 7.27. The maximum Gasteiger partial charge on any atom is 0.122 e. The fourth-order valence-electron chi connectivity index (χ4n) is 0.674. The van der Waals surface area contributed by atoms with Crippen LogP contribution >= 0.6 is 9.24 Å². The van der Waals surface area contributed by atoms with Crippen molar-refractivity contribution in [2.75, 3.05) is 0 Å². The molecule has 1 unspecified atom stereocenters. The molecular formula is C7H9OP. The summed E-state index contributed by atoms with van der Waals surface area (Å²) >= 11 is 0. The molecule has 0 aliphatic rings. The van der Waals surface area contributed by atoms with E-state index in [2.05, 4.69) is 9.24 Å². The minimum Gasteiger partial charge on any atom is -0.507 e. The Morgan fingerprint density at radius 3 is 2.56 bits per heavy atom. The molecule has 1 rings (SSSR count). The van der Waals surface area contributed by atoms with Crippen LogP contribution in [-0.2, 0) is 0 Å². The molecule has 1 N–H and O–H groups in total. The molecule has 0 bridgehead atoms. The van der Waals surface area contributed by atoms with Crippen LogP contribution in [0.25, 0.3) is 0 Å². The van der Waals surface area contributed by atoms with Crippen molar-refractivity contribution >= 4 is 14.5 Å². The molecule has 0 amide bonds. The number of phenols is 1. The van der Waals surface area contributed by atoms with E-state index in [1.807, 2.05) is 19.1 Å². The van der Waals surface area contributed by atoms with Crippen molar-refractivity contribution in [3.05, 3.63) is 23.8 Å². The van der Waals surface area contributed by atoms with Crippen molar-refractivity contribution < 1.29 is 5.11 Å². The van der Waals surface area contributed by atoms with Crippen molar-refractivity contribution in [3.8, 4) is 5.75 Å². The molecule has 1 aromatic rings. The average molecular weight is 140 g/mol. The Bertz CT molecular complexity index is 220. The van der Waals surface area contributed by atoms with E-state index in [1.165, 1.54) is 0 Å². The van der Waals surface area contributed by atoms with Crippen LogP contribution in [0.3, 0.4) is 0 Å². The molecule has 1 aromatic carbocycles. The fourth-order valence-corrected chi connectivity index (χ4v) is 1.03. The summed E-state index contributed by atoms with van der Waals surface area (Å²) in [5.41, 5.74) is 1.16. The lowest BCUT2D eigenvalue weighted by Gasteiger charge is -1.96. The molecule has 0 spiro atoms. The smallest absolute Gasteiger partial charge is 0.122 e. The summed E-state index contributed by atoms with van der Waals surface area (Å²) in [7, 11) is 2.47. The molecule has 1 nitrogen and oxygen atoms in total. The van der Waals surface area contributed by atoms with Gasteiger partial charge >= 0.3 is 0 Å². The Labute approximate surface area is 56.9 Å². The lowest BCUT2D eigenvalue weighted by molar-refractivity contribution is 0.480. The summed E-state index contributed by atoms with van der Waals surface area (Å²) in [6.07, 6.45) is 0. The summed E-state index contributed by atoms with van der Waals surface area (Å²) < 4.78 is 0. The van der Waals surface area contributed by atoms with Crippen LogP contribution in [-0.4, -0.2) is 5.11 Å². The molecule has 0 aliphatic heterocycles. The van der Waals surface area contributed by atoms with Gasteiger partial charge in [-0.15, -0.1) is 9.24 Å². The summed E-state index contributed by atoms with van der Waals surface area (Å²) in [6.45, 7) is 1.99. The molecule has 0 aliphatic carbocycles. The monoisotopic (exact) mass is 140 g/mol. The normalized spacial score (nSPS) is 9.56.